The smallest absolute Gasteiger partial charge is 0.337 e. The first-order valence-corrected chi connectivity index (χ1v) is 9.91. The number of ketones is 1. The molecule has 0 saturated heterocycles. The summed E-state index contributed by atoms with van der Waals surface area (Å²) < 4.78 is 6.13. The van der Waals surface area contributed by atoms with E-state index in [1.807, 2.05) is 6.92 Å². The lowest BCUT2D eigenvalue weighted by atomic mass is 10.0. The van der Waals surface area contributed by atoms with E-state index >= 15 is 0 Å². The molecule has 0 atom stereocenters. The van der Waals surface area contributed by atoms with Crippen LogP contribution in [0.5, 0.6) is 5.75 Å². The number of carboxylic acids is 1. The number of carbonyl (C=O) groups excluding carboxylic acids is 1. The highest BCUT2D eigenvalue weighted by Gasteiger charge is 2.18. The second kappa shape index (κ2) is 8.58. The van der Waals surface area contributed by atoms with E-state index in [-0.39, 0.29) is 29.9 Å². The molecule has 6 nitrogen and oxygen atoms in total. The van der Waals surface area contributed by atoms with Crippen molar-refractivity contribution in [3.8, 4) is 17.0 Å². The minimum atomic E-state index is -1.03. The normalized spacial score (nSPS) is 10.9. The van der Waals surface area contributed by atoms with Crippen molar-refractivity contribution in [1.29, 1.82) is 0 Å². The van der Waals surface area contributed by atoms with Crippen LogP contribution in [0.2, 0.25) is 5.02 Å². The first-order chi connectivity index (χ1) is 13.4. The molecule has 0 amide bonds. The number of aromatic nitrogens is 2. The number of carboxylic acid groups (broad SMARTS) is 1. The fraction of sp³-hybridized carbons (Fsp3) is 0.250. The zero-order valence-electron chi connectivity index (χ0n) is 15.2. The summed E-state index contributed by atoms with van der Waals surface area (Å²) in [5, 5.41) is 19.2. The van der Waals surface area contributed by atoms with E-state index in [0.717, 1.165) is 10.4 Å². The maximum absolute atomic E-state index is 12.4. The van der Waals surface area contributed by atoms with Gasteiger partial charge < -0.3 is 14.8 Å². The van der Waals surface area contributed by atoms with Gasteiger partial charge in [-0.15, -0.1) is 0 Å². The molecule has 0 fully saturated rings. The summed E-state index contributed by atoms with van der Waals surface area (Å²) >= 11 is 7.67. The second-order valence-electron chi connectivity index (χ2n) is 6.36. The van der Waals surface area contributed by atoms with E-state index in [9.17, 15) is 19.8 Å². The van der Waals surface area contributed by atoms with Crippen molar-refractivity contribution in [3.05, 3.63) is 57.7 Å². The van der Waals surface area contributed by atoms with Crippen LogP contribution in [0.25, 0.3) is 11.3 Å². The molecule has 0 aliphatic rings. The second-order valence-corrected chi connectivity index (χ2v) is 7.60. The molecule has 0 unspecified atom stereocenters. The average molecular weight is 419 g/mol. The Kier molecular flexibility index (Phi) is 6.16. The van der Waals surface area contributed by atoms with E-state index in [0.29, 0.717) is 29.2 Å². The summed E-state index contributed by atoms with van der Waals surface area (Å²) in [6.45, 7) is 2.56. The van der Waals surface area contributed by atoms with Crippen molar-refractivity contribution >= 4 is 34.9 Å². The highest BCUT2D eigenvalue weighted by atomic mass is 35.5. The largest absolute Gasteiger partial charge is 0.508 e. The van der Waals surface area contributed by atoms with Crippen LogP contribution in [0.3, 0.4) is 0 Å². The van der Waals surface area contributed by atoms with Crippen molar-refractivity contribution in [2.24, 2.45) is 0 Å². The number of Topliss-reactive ketones (excluding diaryl/α,β-unsaturated/α-hetero) is 1. The number of aromatic hydroxyl groups is 1. The lowest BCUT2D eigenvalue weighted by Crippen LogP contribution is -2.07. The molecule has 0 aliphatic heterocycles. The molecule has 28 heavy (non-hydrogen) atoms. The summed E-state index contributed by atoms with van der Waals surface area (Å²) in [6.07, 6.45) is 4.05. The Labute approximate surface area is 171 Å². The molecule has 0 aliphatic carbocycles. The van der Waals surface area contributed by atoms with Crippen LogP contribution < -0.4 is 0 Å². The van der Waals surface area contributed by atoms with E-state index in [2.05, 4.69) is 4.37 Å². The van der Waals surface area contributed by atoms with Gasteiger partial charge in [0.1, 0.15) is 17.2 Å². The van der Waals surface area contributed by atoms with Gasteiger partial charge in [0.25, 0.3) is 0 Å². The Hall–Kier alpha value is -2.64. The summed E-state index contributed by atoms with van der Waals surface area (Å²) in [6, 6.07) is 6.60. The van der Waals surface area contributed by atoms with Gasteiger partial charge in [-0.05, 0) is 54.7 Å². The highest BCUT2D eigenvalue weighted by Crippen LogP contribution is 2.34. The molecule has 3 rings (SSSR count). The molecule has 8 heteroatoms. The van der Waals surface area contributed by atoms with Crippen molar-refractivity contribution in [2.45, 2.75) is 32.7 Å². The van der Waals surface area contributed by atoms with Gasteiger partial charge in [-0.3, -0.25) is 4.79 Å². The molecular formula is C20H19ClN2O4S. The molecule has 0 spiro atoms. The van der Waals surface area contributed by atoms with Crippen molar-refractivity contribution in [1.82, 2.24) is 8.94 Å². The van der Waals surface area contributed by atoms with E-state index in [4.69, 9.17) is 11.6 Å². The minimum absolute atomic E-state index is 0.0491. The van der Waals surface area contributed by atoms with Gasteiger partial charge in [-0.2, -0.15) is 4.37 Å². The van der Waals surface area contributed by atoms with Gasteiger partial charge in [-0.25, -0.2) is 4.79 Å². The zero-order chi connectivity index (χ0) is 20.3. The predicted molar refractivity (Wildman–Crippen MR) is 108 cm³/mol. The predicted octanol–water partition coefficient (Wildman–Crippen LogP) is 4.43. The number of hydrogen-bond donors (Lipinski definition) is 2. The van der Waals surface area contributed by atoms with E-state index in [1.54, 1.807) is 41.2 Å². The molecule has 3 aromatic rings. The number of halogens is 1. The zero-order valence-corrected chi connectivity index (χ0v) is 16.8. The fourth-order valence-electron chi connectivity index (χ4n) is 2.89. The molecule has 0 radical (unpaired) electrons. The number of benzene rings is 1. The Bertz CT molecular complexity index is 1010. The standard InChI is InChI=1S/C20H19ClN2O4S/c1-2-23-10-13(16(11-23)20(26)27)9-15(25)7-8-17-18(21)19(22-28-17)12-3-5-14(24)6-4-12/h3-6,10-11,24H,2,7-9H2,1H3,(H,26,27). The third kappa shape index (κ3) is 4.43. The van der Waals surface area contributed by atoms with Gasteiger partial charge in [0.15, 0.2) is 0 Å². The van der Waals surface area contributed by atoms with Gasteiger partial charge in [-0.1, -0.05) is 11.6 Å². The third-order valence-electron chi connectivity index (χ3n) is 4.42. The Morgan fingerprint density at radius 2 is 1.93 bits per heavy atom. The maximum atomic E-state index is 12.4. The number of hydrogen-bond acceptors (Lipinski definition) is 5. The summed E-state index contributed by atoms with van der Waals surface area (Å²) in [5.41, 5.74) is 2.12. The van der Waals surface area contributed by atoms with Gasteiger partial charge in [0.05, 0.1) is 10.6 Å². The topological polar surface area (TPSA) is 92.4 Å². The van der Waals surface area contributed by atoms with Crippen LogP contribution in [-0.2, 0) is 24.2 Å². The molecule has 1 aromatic carbocycles. The Balaban J connectivity index is 1.66. The van der Waals surface area contributed by atoms with E-state index in [1.165, 1.54) is 11.5 Å². The summed E-state index contributed by atoms with van der Waals surface area (Å²) in [5.74, 6) is -0.912. The Morgan fingerprint density at radius 1 is 1.21 bits per heavy atom. The number of phenolic OH excluding ortho intramolecular Hbond substituents is 1. The first-order valence-electron chi connectivity index (χ1n) is 8.76. The number of rotatable bonds is 8. The SMILES string of the molecule is CCn1cc(CC(=O)CCc2snc(-c3ccc(O)cc3)c2Cl)c(C(=O)O)c1. The van der Waals surface area contributed by atoms with Crippen molar-refractivity contribution < 1.29 is 19.8 Å². The van der Waals surface area contributed by atoms with Crippen LogP contribution in [0.1, 0.15) is 34.1 Å². The van der Waals surface area contributed by atoms with Crippen molar-refractivity contribution in [2.75, 3.05) is 0 Å². The first kappa shape index (κ1) is 20.1. The molecule has 2 heterocycles. The number of carbonyl (C=O) groups is 2. The number of aryl methyl sites for hydroxylation is 2. The highest BCUT2D eigenvalue weighted by molar-refractivity contribution is 7.06. The Morgan fingerprint density at radius 3 is 2.57 bits per heavy atom. The lowest BCUT2D eigenvalue weighted by molar-refractivity contribution is -0.118. The van der Waals surface area contributed by atoms with Crippen LogP contribution in [0, 0.1) is 0 Å². The van der Waals surface area contributed by atoms with E-state index < -0.39 is 5.97 Å². The molecule has 2 aromatic heterocycles. The minimum Gasteiger partial charge on any atom is -0.508 e. The average Bonchev–Trinajstić information content (AvgIpc) is 3.24. The van der Waals surface area contributed by atoms with Crippen LogP contribution >= 0.6 is 23.1 Å². The van der Waals surface area contributed by atoms with Crippen LogP contribution in [0.4, 0.5) is 0 Å². The lowest BCUT2D eigenvalue weighted by Gasteiger charge is -2.02. The number of aromatic carboxylic acids is 1. The van der Waals surface area contributed by atoms with Crippen molar-refractivity contribution in [3.63, 3.8) is 0 Å². The maximum Gasteiger partial charge on any atom is 0.337 e. The van der Waals surface area contributed by atoms with Gasteiger partial charge in [0.2, 0.25) is 0 Å². The van der Waals surface area contributed by atoms with Gasteiger partial charge in [0, 0.05) is 42.2 Å². The number of phenols is 1. The molecular weight excluding hydrogens is 400 g/mol. The molecule has 146 valence electrons. The molecule has 0 bridgehead atoms. The van der Waals surface area contributed by atoms with Gasteiger partial charge >= 0.3 is 5.97 Å². The third-order valence-corrected chi connectivity index (χ3v) is 5.84. The summed E-state index contributed by atoms with van der Waals surface area (Å²) in [7, 11) is 0. The molecule has 0 saturated carbocycles. The van der Waals surface area contributed by atoms with Crippen LogP contribution in [0.15, 0.2) is 36.7 Å². The van der Waals surface area contributed by atoms with Crippen LogP contribution in [-0.4, -0.2) is 30.9 Å². The fourth-order valence-corrected chi connectivity index (χ4v) is 4.06. The number of nitrogens with zero attached hydrogens (tertiary/aromatic N) is 2. The summed E-state index contributed by atoms with van der Waals surface area (Å²) in [4.78, 5) is 24.6. The molecule has 2 N–H and O–H groups in total. The quantitative estimate of drug-likeness (QED) is 0.564. The monoisotopic (exact) mass is 418 g/mol.